The molecule has 2 aromatic heterocycles. The fraction of sp³-hybridized carbons (Fsp3) is 0. The molecule has 13 aromatic rings. The zero-order chi connectivity index (χ0) is 39.3. The molecule has 0 aliphatic carbocycles. The van der Waals surface area contributed by atoms with Gasteiger partial charge >= 0.3 is 0 Å². The van der Waals surface area contributed by atoms with E-state index in [2.05, 4.69) is 200 Å². The molecule has 0 fully saturated rings. The average molecular weight is 779 g/mol. The van der Waals surface area contributed by atoms with E-state index in [1.54, 1.807) is 0 Å². The Morgan fingerprint density at radius 1 is 0.267 bits per heavy atom. The van der Waals surface area contributed by atoms with Gasteiger partial charge in [0.15, 0.2) is 0 Å². The number of rotatable bonds is 4. The van der Waals surface area contributed by atoms with Gasteiger partial charge in [-0.25, -0.2) is 0 Å². The Bertz CT molecular complexity index is 3770. The van der Waals surface area contributed by atoms with Crippen molar-refractivity contribution in [2.24, 2.45) is 0 Å². The molecule has 0 amide bonds. The molecule has 0 aliphatic rings. The van der Waals surface area contributed by atoms with Crippen molar-refractivity contribution >= 4 is 96.5 Å². The van der Waals surface area contributed by atoms with Gasteiger partial charge in [-0.05, 0) is 100 Å². The maximum atomic E-state index is 6.43. The predicted octanol–water partition coefficient (Wildman–Crippen LogP) is 17.2. The summed E-state index contributed by atoms with van der Waals surface area (Å²) < 4.78 is 9.03. The summed E-state index contributed by atoms with van der Waals surface area (Å²) >= 11 is 1.91. The number of thiophene rings is 1. The van der Waals surface area contributed by atoms with E-state index in [9.17, 15) is 0 Å². The van der Waals surface area contributed by atoms with Crippen LogP contribution in [0.25, 0.3) is 130 Å². The molecule has 0 N–H and O–H groups in total. The normalized spacial score (nSPS) is 12.0. The van der Waals surface area contributed by atoms with Gasteiger partial charge in [0.2, 0.25) is 0 Å². The van der Waals surface area contributed by atoms with E-state index in [-0.39, 0.29) is 0 Å². The summed E-state index contributed by atoms with van der Waals surface area (Å²) in [5.41, 5.74) is 11.9. The molecule has 0 radical (unpaired) electrons. The number of fused-ring (bicyclic) bond motifs is 10. The molecule has 11 aromatic carbocycles. The molecule has 60 heavy (non-hydrogen) atoms. The third-order valence-corrected chi connectivity index (χ3v) is 13.9. The van der Waals surface area contributed by atoms with Crippen LogP contribution in [0.15, 0.2) is 211 Å². The summed E-state index contributed by atoms with van der Waals surface area (Å²) in [5, 5.41) is 14.9. The highest BCUT2D eigenvalue weighted by atomic mass is 32.1. The fourth-order valence-electron chi connectivity index (χ4n) is 10.3. The van der Waals surface area contributed by atoms with E-state index in [0.717, 1.165) is 21.9 Å². The summed E-state index contributed by atoms with van der Waals surface area (Å²) in [4.78, 5) is 0. The zero-order valence-corrected chi connectivity index (χ0v) is 33.3. The molecule has 0 saturated heterocycles. The lowest BCUT2D eigenvalue weighted by atomic mass is 9.83. The van der Waals surface area contributed by atoms with Crippen LogP contribution in [0.5, 0.6) is 0 Å². The van der Waals surface area contributed by atoms with Crippen LogP contribution in [0.2, 0.25) is 0 Å². The van der Waals surface area contributed by atoms with Crippen LogP contribution in [0.1, 0.15) is 0 Å². The van der Waals surface area contributed by atoms with E-state index >= 15 is 0 Å². The molecule has 2 heteroatoms. The van der Waals surface area contributed by atoms with Gasteiger partial charge in [0.05, 0.1) is 0 Å². The molecule has 0 aliphatic heterocycles. The highest BCUT2D eigenvalue weighted by molar-refractivity contribution is 7.26. The molecule has 0 saturated carbocycles. The lowest BCUT2D eigenvalue weighted by Crippen LogP contribution is -1.92. The van der Waals surface area contributed by atoms with Gasteiger partial charge in [0, 0.05) is 36.5 Å². The minimum Gasteiger partial charge on any atom is -0.456 e. The molecule has 13 rings (SSSR count). The van der Waals surface area contributed by atoms with Crippen molar-refractivity contribution in [2.45, 2.75) is 0 Å². The largest absolute Gasteiger partial charge is 0.456 e. The molecule has 2 heterocycles. The van der Waals surface area contributed by atoms with Crippen LogP contribution in [-0.2, 0) is 0 Å². The fourth-order valence-corrected chi connectivity index (χ4v) is 11.5. The SMILES string of the molecule is c1ccc(-c2c3ccccc3c(-c3cccc4c3sc3cccc(-c5c6ccccc6c(-c6cccc7oc8ccccc8c67)c6ccccc56)c34)c3ccccc23)cc1. The van der Waals surface area contributed by atoms with Crippen molar-refractivity contribution in [2.75, 3.05) is 0 Å². The minimum atomic E-state index is 0.909. The molecule has 0 atom stereocenters. The lowest BCUT2D eigenvalue weighted by Gasteiger charge is -2.19. The van der Waals surface area contributed by atoms with Gasteiger partial charge in [-0.15, -0.1) is 11.3 Å². The Hall–Kier alpha value is -7.52. The van der Waals surface area contributed by atoms with Crippen LogP contribution in [0, 0.1) is 0 Å². The molecule has 0 bridgehead atoms. The van der Waals surface area contributed by atoms with Gasteiger partial charge in [0.1, 0.15) is 11.2 Å². The molecule has 278 valence electrons. The van der Waals surface area contributed by atoms with Gasteiger partial charge in [-0.2, -0.15) is 0 Å². The first-order chi connectivity index (χ1) is 29.8. The van der Waals surface area contributed by atoms with Gasteiger partial charge in [-0.3, -0.25) is 0 Å². The zero-order valence-electron chi connectivity index (χ0n) is 32.4. The van der Waals surface area contributed by atoms with Crippen molar-refractivity contribution < 1.29 is 4.42 Å². The van der Waals surface area contributed by atoms with Crippen molar-refractivity contribution in [3.05, 3.63) is 206 Å². The number of hydrogen-bond acceptors (Lipinski definition) is 2. The molecule has 0 spiro atoms. The smallest absolute Gasteiger partial charge is 0.136 e. The van der Waals surface area contributed by atoms with Gasteiger partial charge in [-0.1, -0.05) is 188 Å². The van der Waals surface area contributed by atoms with Crippen LogP contribution >= 0.6 is 11.3 Å². The predicted molar refractivity (Wildman–Crippen MR) is 258 cm³/mol. The van der Waals surface area contributed by atoms with Crippen LogP contribution in [0.3, 0.4) is 0 Å². The number of furan rings is 1. The number of hydrogen-bond donors (Lipinski definition) is 0. The third-order valence-electron chi connectivity index (χ3n) is 12.7. The highest BCUT2D eigenvalue weighted by Gasteiger charge is 2.24. The summed E-state index contributed by atoms with van der Waals surface area (Å²) in [5.74, 6) is 0. The Balaban J connectivity index is 1.11. The molecular formula is C58H34OS. The summed E-state index contributed by atoms with van der Waals surface area (Å²) in [7, 11) is 0. The quantitative estimate of drug-likeness (QED) is 0.162. The summed E-state index contributed by atoms with van der Waals surface area (Å²) in [6.07, 6.45) is 0. The van der Waals surface area contributed by atoms with Crippen LogP contribution in [0.4, 0.5) is 0 Å². The lowest BCUT2D eigenvalue weighted by molar-refractivity contribution is 0.669. The molecule has 1 nitrogen and oxygen atoms in total. The van der Waals surface area contributed by atoms with E-state index < -0.39 is 0 Å². The Kier molecular flexibility index (Phi) is 7.24. The van der Waals surface area contributed by atoms with E-state index in [4.69, 9.17) is 4.42 Å². The van der Waals surface area contributed by atoms with Crippen LogP contribution < -0.4 is 0 Å². The van der Waals surface area contributed by atoms with E-state index in [0.29, 0.717) is 0 Å². The standard InChI is InChI=1S/C58H34OS/c1-2-17-35(18-3-1)52-36-19-4-6-21-38(36)55(39-22-7-5-20-37(39)52)47-30-14-31-48-57-46(29-16-34-51(57)60-58(47)48)54-42-25-10-8-23-40(42)53(41-24-9-11-26-43(41)54)45-28-15-33-50-56(45)44-27-12-13-32-49(44)59-50/h1-34H. The number of para-hydroxylation sites is 1. The minimum absolute atomic E-state index is 0.909. The van der Waals surface area contributed by atoms with Crippen molar-refractivity contribution in [1.29, 1.82) is 0 Å². The van der Waals surface area contributed by atoms with Crippen LogP contribution in [-0.4, -0.2) is 0 Å². The highest BCUT2D eigenvalue weighted by Crippen LogP contribution is 2.52. The Labute approximate surface area is 350 Å². The number of benzene rings is 11. The maximum Gasteiger partial charge on any atom is 0.136 e. The summed E-state index contributed by atoms with van der Waals surface area (Å²) in [6, 6.07) is 75.6. The first kappa shape index (κ1) is 33.5. The second-order valence-electron chi connectivity index (χ2n) is 15.8. The molecule has 0 unspecified atom stereocenters. The van der Waals surface area contributed by atoms with E-state index in [1.165, 1.54) is 108 Å². The van der Waals surface area contributed by atoms with Gasteiger partial charge in [0.25, 0.3) is 0 Å². The topological polar surface area (TPSA) is 13.1 Å². The average Bonchev–Trinajstić information content (AvgIpc) is 3.90. The maximum absolute atomic E-state index is 6.43. The first-order valence-electron chi connectivity index (χ1n) is 20.6. The van der Waals surface area contributed by atoms with Crippen molar-refractivity contribution in [1.82, 2.24) is 0 Å². The van der Waals surface area contributed by atoms with Gasteiger partial charge < -0.3 is 4.42 Å². The second-order valence-corrected chi connectivity index (χ2v) is 16.8. The van der Waals surface area contributed by atoms with Crippen molar-refractivity contribution in [3.63, 3.8) is 0 Å². The monoisotopic (exact) mass is 778 g/mol. The Morgan fingerprint density at radius 3 is 1.25 bits per heavy atom. The van der Waals surface area contributed by atoms with Crippen molar-refractivity contribution in [3.8, 4) is 44.5 Å². The van der Waals surface area contributed by atoms with E-state index in [1.807, 2.05) is 17.4 Å². The molecular weight excluding hydrogens is 745 g/mol. The first-order valence-corrected chi connectivity index (χ1v) is 21.4. The Morgan fingerprint density at radius 2 is 0.667 bits per heavy atom. The second kappa shape index (κ2) is 13.0. The summed E-state index contributed by atoms with van der Waals surface area (Å²) in [6.45, 7) is 0. The third kappa shape index (κ3) is 4.74.